The van der Waals surface area contributed by atoms with Crippen LogP contribution in [-0.4, -0.2) is 24.9 Å². The van der Waals surface area contributed by atoms with Gasteiger partial charge in [-0.15, -0.1) is 21.5 Å². The molecule has 0 spiro atoms. The molecular weight excluding hydrogens is 436 g/mol. The van der Waals surface area contributed by atoms with Crippen LogP contribution in [0, 0.1) is 5.92 Å². The first-order chi connectivity index (χ1) is 14.6. The summed E-state index contributed by atoms with van der Waals surface area (Å²) in [4.78, 5) is 16.1. The Labute approximate surface area is 188 Å². The van der Waals surface area contributed by atoms with Gasteiger partial charge in [-0.1, -0.05) is 43.6 Å². The third-order valence-electron chi connectivity index (χ3n) is 5.74. The van der Waals surface area contributed by atoms with Gasteiger partial charge in [0, 0.05) is 15.7 Å². The fourth-order valence-electron chi connectivity index (χ4n) is 4.13. The quantitative estimate of drug-likeness (QED) is 0.281. The maximum Gasteiger partial charge on any atom is 0.268 e. The summed E-state index contributed by atoms with van der Waals surface area (Å²) in [7, 11) is 0. The Balaban J connectivity index is 1.84. The van der Waals surface area contributed by atoms with Gasteiger partial charge in [-0.05, 0) is 61.4 Å². The van der Waals surface area contributed by atoms with Crippen LogP contribution < -0.4 is 5.56 Å². The van der Waals surface area contributed by atoms with Crippen molar-refractivity contribution in [2.75, 3.05) is 5.75 Å². The van der Waals surface area contributed by atoms with Crippen molar-refractivity contribution in [1.82, 2.24) is 19.2 Å². The molecule has 0 unspecified atom stereocenters. The van der Waals surface area contributed by atoms with Gasteiger partial charge >= 0.3 is 0 Å². The molecule has 0 N–H and O–H groups in total. The molecule has 1 aliphatic carbocycles. The van der Waals surface area contributed by atoms with Crippen LogP contribution in [0.2, 0.25) is 5.02 Å². The molecule has 0 amide bonds. The second-order valence-corrected chi connectivity index (χ2v) is 10.6. The molecule has 156 valence electrons. The van der Waals surface area contributed by atoms with Crippen molar-refractivity contribution in [2.24, 2.45) is 5.92 Å². The highest BCUT2D eigenvalue weighted by Gasteiger charge is 2.27. The predicted molar refractivity (Wildman–Crippen MR) is 126 cm³/mol. The fourth-order valence-corrected chi connectivity index (χ4v) is 6.67. The minimum absolute atomic E-state index is 0.0102. The summed E-state index contributed by atoms with van der Waals surface area (Å²) >= 11 is 9.56. The summed E-state index contributed by atoms with van der Waals surface area (Å²) in [6, 6.07) is 7.36. The maximum absolute atomic E-state index is 13.8. The summed E-state index contributed by atoms with van der Waals surface area (Å²) in [5.41, 5.74) is 1.98. The highest BCUT2D eigenvalue weighted by molar-refractivity contribution is 7.99. The normalized spacial score (nSPS) is 16.4. The summed E-state index contributed by atoms with van der Waals surface area (Å²) in [6.45, 7) is 4.46. The average Bonchev–Trinajstić information content (AvgIpc) is 3.31. The molecule has 0 aliphatic heterocycles. The minimum Gasteiger partial charge on any atom is -0.268 e. The Bertz CT molecular complexity index is 1290. The van der Waals surface area contributed by atoms with Gasteiger partial charge in [0.1, 0.15) is 4.83 Å². The molecule has 1 aliphatic rings. The number of halogens is 1. The number of thiophene rings is 1. The lowest BCUT2D eigenvalue weighted by molar-refractivity contribution is 0.508. The Morgan fingerprint density at radius 1 is 1.27 bits per heavy atom. The van der Waals surface area contributed by atoms with Gasteiger partial charge in [0.2, 0.25) is 5.78 Å². The number of rotatable bonds is 5. The number of unbranched alkanes of at least 4 members (excludes halogenated alkanes) is 1. The molecule has 30 heavy (non-hydrogen) atoms. The van der Waals surface area contributed by atoms with Gasteiger partial charge in [0.15, 0.2) is 5.16 Å². The van der Waals surface area contributed by atoms with Crippen LogP contribution >= 0.6 is 34.7 Å². The zero-order chi connectivity index (χ0) is 20.8. The fraction of sp³-hybridized carbons (Fsp3) is 0.409. The molecule has 0 bridgehead atoms. The first kappa shape index (κ1) is 20.1. The van der Waals surface area contributed by atoms with Gasteiger partial charge in [0.05, 0.1) is 11.1 Å². The molecule has 8 heteroatoms. The molecule has 3 heterocycles. The molecule has 5 rings (SSSR count). The van der Waals surface area contributed by atoms with E-state index in [1.54, 1.807) is 27.7 Å². The summed E-state index contributed by atoms with van der Waals surface area (Å²) in [5.74, 6) is 2.15. The van der Waals surface area contributed by atoms with Crippen LogP contribution in [0.4, 0.5) is 0 Å². The lowest BCUT2D eigenvalue weighted by atomic mass is 9.89. The minimum atomic E-state index is -0.0102. The van der Waals surface area contributed by atoms with Gasteiger partial charge in [-0.25, -0.2) is 8.97 Å². The molecule has 0 radical (unpaired) electrons. The van der Waals surface area contributed by atoms with Crippen molar-refractivity contribution in [3.8, 4) is 5.69 Å². The zero-order valence-electron chi connectivity index (χ0n) is 17.0. The lowest BCUT2D eigenvalue weighted by Gasteiger charge is -2.18. The van der Waals surface area contributed by atoms with Crippen molar-refractivity contribution in [1.29, 1.82) is 0 Å². The van der Waals surface area contributed by atoms with E-state index in [9.17, 15) is 4.79 Å². The van der Waals surface area contributed by atoms with E-state index in [1.165, 1.54) is 16.9 Å². The number of thioether (sulfide) groups is 1. The zero-order valence-corrected chi connectivity index (χ0v) is 19.4. The predicted octanol–water partition coefficient (Wildman–Crippen LogP) is 5.77. The van der Waals surface area contributed by atoms with Gasteiger partial charge in [-0.3, -0.25) is 4.79 Å². The number of benzene rings is 1. The van der Waals surface area contributed by atoms with Crippen LogP contribution in [0.15, 0.2) is 34.2 Å². The van der Waals surface area contributed by atoms with Crippen LogP contribution in [0.1, 0.15) is 43.6 Å². The van der Waals surface area contributed by atoms with Crippen LogP contribution in [0.5, 0.6) is 0 Å². The largest absolute Gasteiger partial charge is 0.268 e. The molecule has 0 saturated carbocycles. The topological polar surface area (TPSA) is 52.2 Å². The molecule has 3 aromatic heterocycles. The highest BCUT2D eigenvalue weighted by atomic mass is 35.5. The Morgan fingerprint density at radius 2 is 2.07 bits per heavy atom. The monoisotopic (exact) mass is 458 g/mol. The standard InChI is InChI=1S/C22H23ClN4OS2/c1-3-4-11-29-22-25-24-21-26(15-8-6-14(23)7-9-15)19(28)18-16-12-13(2)5-10-17(16)30-20(18)27(21)22/h6-9,13H,3-5,10-12H2,1-2H3/t13-/m1/s1. The smallest absolute Gasteiger partial charge is 0.268 e. The van der Waals surface area contributed by atoms with Gasteiger partial charge in [-0.2, -0.15) is 0 Å². The van der Waals surface area contributed by atoms with Crippen LogP contribution in [0.25, 0.3) is 21.7 Å². The summed E-state index contributed by atoms with van der Waals surface area (Å²) < 4.78 is 3.79. The van der Waals surface area contributed by atoms with Crippen molar-refractivity contribution in [3.63, 3.8) is 0 Å². The first-order valence-electron chi connectivity index (χ1n) is 10.4. The van der Waals surface area contributed by atoms with Crippen LogP contribution in [-0.2, 0) is 12.8 Å². The molecule has 1 atom stereocenters. The van der Waals surface area contributed by atoms with E-state index in [1.807, 2.05) is 24.3 Å². The van der Waals surface area contributed by atoms with E-state index in [4.69, 9.17) is 11.6 Å². The number of aromatic nitrogens is 4. The Kier molecular flexibility index (Phi) is 5.37. The second kappa shape index (κ2) is 8.02. The van der Waals surface area contributed by atoms with E-state index in [2.05, 4.69) is 28.4 Å². The molecular formula is C22H23ClN4OS2. The number of hydrogen-bond donors (Lipinski definition) is 0. The van der Waals surface area contributed by atoms with E-state index < -0.39 is 0 Å². The highest BCUT2D eigenvalue weighted by Crippen LogP contribution is 2.38. The van der Waals surface area contributed by atoms with Gasteiger partial charge < -0.3 is 0 Å². The first-order valence-corrected chi connectivity index (χ1v) is 12.6. The molecule has 0 fully saturated rings. The van der Waals surface area contributed by atoms with E-state index >= 15 is 0 Å². The summed E-state index contributed by atoms with van der Waals surface area (Å²) in [5, 5.41) is 11.3. The number of hydrogen-bond acceptors (Lipinski definition) is 5. The molecule has 1 aromatic carbocycles. The van der Waals surface area contributed by atoms with Gasteiger partial charge in [0.25, 0.3) is 5.56 Å². The van der Waals surface area contributed by atoms with E-state index in [-0.39, 0.29) is 5.56 Å². The van der Waals surface area contributed by atoms with E-state index in [0.717, 1.165) is 52.5 Å². The van der Waals surface area contributed by atoms with Crippen molar-refractivity contribution >= 4 is 50.7 Å². The third-order valence-corrected chi connectivity index (χ3v) is 8.28. The second-order valence-electron chi connectivity index (χ2n) is 7.97. The SMILES string of the molecule is CCCCSc1nnc2n(-c3ccc(Cl)cc3)c(=O)c3c4c(sc3n12)CC[C@@H](C)C4. The molecule has 5 nitrogen and oxygen atoms in total. The number of nitrogens with zero attached hydrogens (tertiary/aromatic N) is 4. The maximum atomic E-state index is 13.8. The lowest BCUT2D eigenvalue weighted by Crippen LogP contribution is -2.22. The average molecular weight is 459 g/mol. The Hall–Kier alpha value is -1.83. The number of fused-ring (bicyclic) bond motifs is 5. The Morgan fingerprint density at radius 3 is 2.83 bits per heavy atom. The number of aryl methyl sites for hydroxylation is 1. The summed E-state index contributed by atoms with van der Waals surface area (Å²) in [6.07, 6.45) is 5.43. The van der Waals surface area contributed by atoms with E-state index in [0.29, 0.717) is 16.7 Å². The van der Waals surface area contributed by atoms with Crippen molar-refractivity contribution < 1.29 is 0 Å². The molecule has 0 saturated heterocycles. The van der Waals surface area contributed by atoms with Crippen molar-refractivity contribution in [2.45, 2.75) is 51.1 Å². The van der Waals surface area contributed by atoms with Crippen molar-refractivity contribution in [3.05, 3.63) is 50.1 Å². The third kappa shape index (κ3) is 3.27. The van der Waals surface area contributed by atoms with Crippen LogP contribution in [0.3, 0.4) is 0 Å². The molecule has 4 aromatic rings.